The van der Waals surface area contributed by atoms with Crippen LogP contribution >= 0.6 is 11.6 Å². The monoisotopic (exact) mass is 212 g/mol. The third-order valence-corrected chi connectivity index (χ3v) is 2.34. The SMILES string of the molecule is CCCC(C)CNc1cccc(Cl)n1. The van der Waals surface area contributed by atoms with Crippen LogP contribution < -0.4 is 5.32 Å². The summed E-state index contributed by atoms with van der Waals surface area (Å²) >= 11 is 5.77. The topological polar surface area (TPSA) is 24.9 Å². The lowest BCUT2D eigenvalue weighted by Crippen LogP contribution is -2.11. The Hall–Kier alpha value is -0.760. The number of hydrogen-bond acceptors (Lipinski definition) is 2. The van der Waals surface area contributed by atoms with E-state index in [0.717, 1.165) is 12.4 Å². The van der Waals surface area contributed by atoms with Crippen LogP contribution in [-0.2, 0) is 0 Å². The van der Waals surface area contributed by atoms with E-state index in [0.29, 0.717) is 11.1 Å². The summed E-state index contributed by atoms with van der Waals surface area (Å²) in [5, 5.41) is 3.81. The Morgan fingerprint density at radius 3 is 2.93 bits per heavy atom. The van der Waals surface area contributed by atoms with E-state index < -0.39 is 0 Å². The lowest BCUT2D eigenvalue weighted by molar-refractivity contribution is 0.550. The minimum absolute atomic E-state index is 0.540. The maximum absolute atomic E-state index is 5.77. The molecule has 1 heterocycles. The predicted octanol–water partition coefficient (Wildman–Crippen LogP) is 3.58. The van der Waals surface area contributed by atoms with Gasteiger partial charge in [0.2, 0.25) is 0 Å². The first-order valence-electron chi connectivity index (χ1n) is 5.08. The molecule has 0 radical (unpaired) electrons. The van der Waals surface area contributed by atoms with E-state index in [1.165, 1.54) is 12.8 Å². The summed E-state index contributed by atoms with van der Waals surface area (Å²) in [7, 11) is 0. The van der Waals surface area contributed by atoms with E-state index in [9.17, 15) is 0 Å². The number of halogens is 1. The molecular weight excluding hydrogens is 196 g/mol. The number of pyridine rings is 1. The summed E-state index contributed by atoms with van der Waals surface area (Å²) in [6.07, 6.45) is 2.47. The van der Waals surface area contributed by atoms with Gasteiger partial charge in [-0.1, -0.05) is 37.9 Å². The number of rotatable bonds is 5. The molecule has 3 heteroatoms. The first kappa shape index (κ1) is 11.3. The van der Waals surface area contributed by atoms with Gasteiger partial charge < -0.3 is 5.32 Å². The zero-order chi connectivity index (χ0) is 10.4. The summed E-state index contributed by atoms with van der Waals surface area (Å²) in [5.74, 6) is 1.54. The van der Waals surface area contributed by atoms with Crippen LogP contribution in [0.4, 0.5) is 5.82 Å². The predicted molar refractivity (Wildman–Crippen MR) is 61.8 cm³/mol. The van der Waals surface area contributed by atoms with Crippen molar-refractivity contribution < 1.29 is 0 Å². The highest BCUT2D eigenvalue weighted by molar-refractivity contribution is 6.29. The number of hydrogen-bond donors (Lipinski definition) is 1. The van der Waals surface area contributed by atoms with Crippen molar-refractivity contribution in [1.29, 1.82) is 0 Å². The first-order chi connectivity index (χ1) is 6.72. The van der Waals surface area contributed by atoms with Gasteiger partial charge in [0.25, 0.3) is 0 Å². The van der Waals surface area contributed by atoms with Crippen molar-refractivity contribution in [3.8, 4) is 0 Å². The summed E-state index contributed by atoms with van der Waals surface area (Å²) in [6.45, 7) is 5.40. The third kappa shape index (κ3) is 3.97. The van der Waals surface area contributed by atoms with Gasteiger partial charge in [-0.2, -0.15) is 0 Å². The molecule has 0 saturated carbocycles. The highest BCUT2D eigenvalue weighted by atomic mass is 35.5. The van der Waals surface area contributed by atoms with Gasteiger partial charge in [-0.05, 0) is 24.5 Å². The fourth-order valence-corrected chi connectivity index (χ4v) is 1.54. The van der Waals surface area contributed by atoms with Gasteiger partial charge in [0, 0.05) is 6.54 Å². The van der Waals surface area contributed by atoms with Gasteiger partial charge >= 0.3 is 0 Å². The Labute approximate surface area is 90.7 Å². The largest absolute Gasteiger partial charge is 0.370 e. The zero-order valence-corrected chi connectivity index (χ0v) is 9.51. The van der Waals surface area contributed by atoms with E-state index >= 15 is 0 Å². The maximum Gasteiger partial charge on any atom is 0.131 e. The lowest BCUT2D eigenvalue weighted by Gasteiger charge is -2.11. The molecule has 0 spiro atoms. The molecule has 0 bridgehead atoms. The molecule has 1 aromatic heterocycles. The Morgan fingerprint density at radius 1 is 1.50 bits per heavy atom. The van der Waals surface area contributed by atoms with Crippen LogP contribution in [0, 0.1) is 5.92 Å². The van der Waals surface area contributed by atoms with Crippen LogP contribution in [0.15, 0.2) is 18.2 Å². The molecule has 78 valence electrons. The number of nitrogens with zero attached hydrogens (tertiary/aromatic N) is 1. The Balaban J connectivity index is 2.37. The normalized spacial score (nSPS) is 12.5. The molecule has 1 rings (SSSR count). The van der Waals surface area contributed by atoms with E-state index in [4.69, 9.17) is 11.6 Å². The molecule has 1 N–H and O–H groups in total. The van der Waals surface area contributed by atoms with Crippen molar-refractivity contribution in [2.45, 2.75) is 26.7 Å². The Bertz CT molecular complexity index is 276. The van der Waals surface area contributed by atoms with E-state index in [2.05, 4.69) is 24.1 Å². The summed E-state index contributed by atoms with van der Waals surface area (Å²) in [4.78, 5) is 4.16. The molecule has 1 aromatic rings. The second kappa shape index (κ2) is 5.86. The van der Waals surface area contributed by atoms with Gasteiger partial charge in [0.15, 0.2) is 0 Å². The van der Waals surface area contributed by atoms with Crippen LogP contribution in [0.25, 0.3) is 0 Å². The highest BCUT2D eigenvalue weighted by Crippen LogP contribution is 2.11. The van der Waals surface area contributed by atoms with Crippen molar-refractivity contribution in [2.24, 2.45) is 5.92 Å². The molecular formula is C11H17ClN2. The number of nitrogens with one attached hydrogen (secondary N) is 1. The molecule has 1 unspecified atom stereocenters. The second-order valence-corrected chi connectivity index (χ2v) is 4.01. The fourth-order valence-electron chi connectivity index (χ4n) is 1.38. The molecule has 0 saturated heterocycles. The van der Waals surface area contributed by atoms with E-state index in [1.54, 1.807) is 6.07 Å². The van der Waals surface area contributed by atoms with Gasteiger partial charge in [-0.3, -0.25) is 0 Å². The average molecular weight is 213 g/mol. The second-order valence-electron chi connectivity index (χ2n) is 3.62. The first-order valence-corrected chi connectivity index (χ1v) is 5.46. The molecule has 0 aliphatic carbocycles. The molecule has 2 nitrogen and oxygen atoms in total. The standard InChI is InChI=1S/C11H17ClN2/c1-3-5-9(2)8-13-11-7-4-6-10(12)14-11/h4,6-7,9H,3,5,8H2,1-2H3,(H,13,14). The molecule has 0 aliphatic heterocycles. The van der Waals surface area contributed by atoms with Crippen LogP contribution in [0.3, 0.4) is 0 Å². The molecule has 1 atom stereocenters. The molecule has 0 aliphatic rings. The maximum atomic E-state index is 5.77. The van der Waals surface area contributed by atoms with Crippen molar-refractivity contribution in [2.75, 3.05) is 11.9 Å². The van der Waals surface area contributed by atoms with Crippen LogP contribution in [0.1, 0.15) is 26.7 Å². The Morgan fingerprint density at radius 2 is 2.29 bits per heavy atom. The van der Waals surface area contributed by atoms with Crippen LogP contribution in [-0.4, -0.2) is 11.5 Å². The zero-order valence-electron chi connectivity index (χ0n) is 8.76. The minimum Gasteiger partial charge on any atom is -0.370 e. The summed E-state index contributed by atoms with van der Waals surface area (Å²) < 4.78 is 0. The number of anilines is 1. The fraction of sp³-hybridized carbons (Fsp3) is 0.545. The lowest BCUT2D eigenvalue weighted by atomic mass is 10.1. The van der Waals surface area contributed by atoms with E-state index in [-0.39, 0.29) is 0 Å². The van der Waals surface area contributed by atoms with Crippen molar-refractivity contribution in [1.82, 2.24) is 4.98 Å². The molecule has 14 heavy (non-hydrogen) atoms. The summed E-state index contributed by atoms with van der Waals surface area (Å²) in [5.41, 5.74) is 0. The summed E-state index contributed by atoms with van der Waals surface area (Å²) in [6, 6.07) is 5.62. The van der Waals surface area contributed by atoms with Crippen molar-refractivity contribution >= 4 is 17.4 Å². The van der Waals surface area contributed by atoms with Gasteiger partial charge in [-0.15, -0.1) is 0 Å². The van der Waals surface area contributed by atoms with E-state index in [1.807, 2.05) is 12.1 Å². The number of aromatic nitrogens is 1. The molecule has 0 fully saturated rings. The van der Waals surface area contributed by atoms with Gasteiger partial charge in [-0.25, -0.2) is 4.98 Å². The van der Waals surface area contributed by atoms with Crippen molar-refractivity contribution in [3.63, 3.8) is 0 Å². The smallest absolute Gasteiger partial charge is 0.131 e. The quantitative estimate of drug-likeness (QED) is 0.755. The van der Waals surface area contributed by atoms with Crippen LogP contribution in [0.5, 0.6) is 0 Å². The van der Waals surface area contributed by atoms with Gasteiger partial charge in [0.05, 0.1) is 0 Å². The highest BCUT2D eigenvalue weighted by Gasteiger charge is 2.00. The third-order valence-electron chi connectivity index (χ3n) is 2.13. The molecule has 0 amide bonds. The Kier molecular flexibility index (Phi) is 4.74. The minimum atomic E-state index is 0.540. The van der Waals surface area contributed by atoms with Gasteiger partial charge in [0.1, 0.15) is 11.0 Å². The molecule has 0 aromatic carbocycles. The van der Waals surface area contributed by atoms with Crippen LogP contribution in [0.2, 0.25) is 5.15 Å². The average Bonchev–Trinajstić information content (AvgIpc) is 2.15. The van der Waals surface area contributed by atoms with Crippen molar-refractivity contribution in [3.05, 3.63) is 23.4 Å².